The largest absolute Gasteiger partial charge is 0.465 e. The van der Waals surface area contributed by atoms with Crippen molar-refractivity contribution in [3.63, 3.8) is 0 Å². The molecule has 0 bridgehead atoms. The number of ether oxygens (including phenoxy) is 2. The van der Waals surface area contributed by atoms with Crippen LogP contribution in [0.3, 0.4) is 0 Å². The van der Waals surface area contributed by atoms with E-state index in [1.165, 1.54) is 19.8 Å². The minimum absolute atomic E-state index is 0.362. The number of aromatic nitrogens is 1. The lowest BCUT2D eigenvalue weighted by molar-refractivity contribution is 0.0592. The van der Waals surface area contributed by atoms with Crippen LogP contribution in [0, 0.1) is 0 Å². The van der Waals surface area contributed by atoms with E-state index in [-0.39, 0.29) is 11.9 Å². The van der Waals surface area contributed by atoms with Gasteiger partial charge < -0.3 is 18.9 Å². The van der Waals surface area contributed by atoms with Gasteiger partial charge in [-0.3, -0.25) is 0 Å². The van der Waals surface area contributed by atoms with E-state index in [0.717, 1.165) is 48.3 Å². The van der Waals surface area contributed by atoms with Crippen LogP contribution in [0.25, 0.3) is 17.8 Å². The van der Waals surface area contributed by atoms with E-state index in [4.69, 9.17) is 9.47 Å². The predicted octanol–water partition coefficient (Wildman–Crippen LogP) is 3.53. The van der Waals surface area contributed by atoms with Crippen LogP contribution in [0.4, 0.5) is 0 Å². The van der Waals surface area contributed by atoms with Gasteiger partial charge in [-0.2, -0.15) is 0 Å². The standard InChI is InChI=1S/C23H24N2O4/c1-24-9-6-16(7-10-24)21-19-12-17(22(26)28-2)5-4-15(19)8-11-25-14-18(13-20(21)25)23(27)29-3/h4-5,8,11-14H,6-7,9-10H2,1-3H3. The molecule has 1 fully saturated rings. The topological polar surface area (TPSA) is 60.8 Å². The molecular formula is C23H24N2O4. The molecule has 150 valence electrons. The number of esters is 2. The molecule has 2 aliphatic heterocycles. The number of hydrogen-bond acceptors (Lipinski definition) is 5. The summed E-state index contributed by atoms with van der Waals surface area (Å²) in [6, 6.07) is 7.50. The third-order valence-corrected chi connectivity index (χ3v) is 5.63. The number of carbonyl (C=O) groups excluding carboxylic acids is 2. The lowest BCUT2D eigenvalue weighted by Crippen LogP contribution is -2.27. The lowest BCUT2D eigenvalue weighted by Gasteiger charge is -2.27. The van der Waals surface area contributed by atoms with E-state index >= 15 is 0 Å². The van der Waals surface area contributed by atoms with Gasteiger partial charge in [-0.05, 0) is 55.3 Å². The Bertz CT molecular complexity index is 1040. The average Bonchev–Trinajstić information content (AvgIpc) is 3.10. The molecule has 6 heteroatoms. The molecular weight excluding hydrogens is 368 g/mol. The number of rotatable bonds is 2. The summed E-state index contributed by atoms with van der Waals surface area (Å²) in [5.41, 5.74) is 6.37. The SMILES string of the molecule is COC(=O)c1ccc2c(c1)C(=C1CCN(C)CC1)c1cc(C(=O)OC)cn1C=C2. The van der Waals surface area contributed by atoms with Gasteiger partial charge in [0.1, 0.15) is 0 Å². The predicted molar refractivity (Wildman–Crippen MR) is 112 cm³/mol. The van der Waals surface area contributed by atoms with Crippen LogP contribution < -0.4 is 0 Å². The molecule has 29 heavy (non-hydrogen) atoms. The van der Waals surface area contributed by atoms with Crippen LogP contribution >= 0.6 is 0 Å². The number of nitrogens with zero attached hydrogens (tertiary/aromatic N) is 2. The summed E-state index contributed by atoms with van der Waals surface area (Å²) in [7, 11) is 4.89. The van der Waals surface area contributed by atoms with E-state index in [0.29, 0.717) is 11.1 Å². The fraction of sp³-hybridized carbons (Fsp3) is 0.304. The number of benzene rings is 1. The van der Waals surface area contributed by atoms with Crippen molar-refractivity contribution in [3.05, 3.63) is 64.0 Å². The Hall–Kier alpha value is -3.12. The zero-order chi connectivity index (χ0) is 20.5. The summed E-state index contributed by atoms with van der Waals surface area (Å²) in [5.74, 6) is -0.727. The zero-order valence-electron chi connectivity index (χ0n) is 16.9. The van der Waals surface area contributed by atoms with Gasteiger partial charge in [-0.25, -0.2) is 9.59 Å². The molecule has 0 saturated carbocycles. The van der Waals surface area contributed by atoms with Gasteiger partial charge in [0.15, 0.2) is 0 Å². The third-order valence-electron chi connectivity index (χ3n) is 5.63. The van der Waals surface area contributed by atoms with Gasteiger partial charge in [0.25, 0.3) is 0 Å². The fourth-order valence-corrected chi connectivity index (χ4v) is 4.00. The summed E-state index contributed by atoms with van der Waals surface area (Å²) in [6.45, 7) is 1.95. The van der Waals surface area contributed by atoms with Gasteiger partial charge >= 0.3 is 11.9 Å². The molecule has 3 heterocycles. The summed E-state index contributed by atoms with van der Waals surface area (Å²) in [4.78, 5) is 26.6. The van der Waals surface area contributed by atoms with E-state index in [9.17, 15) is 9.59 Å². The number of fused-ring (bicyclic) bond motifs is 2. The molecule has 4 rings (SSSR count). The first-order chi connectivity index (χ1) is 14.0. The monoisotopic (exact) mass is 392 g/mol. The maximum Gasteiger partial charge on any atom is 0.339 e. The number of hydrogen-bond donors (Lipinski definition) is 0. The first-order valence-electron chi connectivity index (χ1n) is 9.64. The maximum atomic E-state index is 12.2. The van der Waals surface area contributed by atoms with E-state index in [1.807, 2.05) is 35.0 Å². The van der Waals surface area contributed by atoms with Crippen LogP contribution in [-0.2, 0) is 9.47 Å². The Labute approximate surface area is 170 Å². The average molecular weight is 392 g/mol. The number of carbonyl (C=O) groups is 2. The maximum absolute atomic E-state index is 12.2. The first-order valence-corrected chi connectivity index (χ1v) is 9.64. The second kappa shape index (κ2) is 7.72. The van der Waals surface area contributed by atoms with Gasteiger partial charge in [0.2, 0.25) is 0 Å². The highest BCUT2D eigenvalue weighted by Gasteiger charge is 2.25. The summed E-state index contributed by atoms with van der Waals surface area (Å²) in [5, 5.41) is 0. The molecule has 0 radical (unpaired) electrons. The van der Waals surface area contributed by atoms with Crippen LogP contribution in [0.1, 0.15) is 50.4 Å². The van der Waals surface area contributed by atoms with Gasteiger partial charge in [0, 0.05) is 31.1 Å². The highest BCUT2D eigenvalue weighted by Crippen LogP contribution is 2.38. The molecule has 1 saturated heterocycles. The van der Waals surface area contributed by atoms with Crippen molar-refractivity contribution in [2.24, 2.45) is 0 Å². The van der Waals surface area contributed by atoms with Crippen molar-refractivity contribution in [1.82, 2.24) is 9.47 Å². The van der Waals surface area contributed by atoms with E-state index in [2.05, 4.69) is 11.9 Å². The molecule has 1 aromatic heterocycles. The molecule has 0 unspecified atom stereocenters. The second-order valence-electron chi connectivity index (χ2n) is 7.40. The van der Waals surface area contributed by atoms with Gasteiger partial charge in [-0.1, -0.05) is 11.6 Å². The molecule has 1 aromatic carbocycles. The van der Waals surface area contributed by atoms with Crippen molar-refractivity contribution < 1.29 is 19.1 Å². The number of methoxy groups -OCH3 is 2. The van der Waals surface area contributed by atoms with E-state index in [1.54, 1.807) is 12.3 Å². The number of likely N-dealkylation sites (tertiary alicyclic amines) is 1. The van der Waals surface area contributed by atoms with Crippen molar-refractivity contribution in [2.75, 3.05) is 34.4 Å². The van der Waals surface area contributed by atoms with Crippen LogP contribution in [0.2, 0.25) is 0 Å². The van der Waals surface area contributed by atoms with E-state index < -0.39 is 0 Å². The molecule has 2 aromatic rings. The summed E-state index contributed by atoms with van der Waals surface area (Å²) < 4.78 is 11.8. The molecule has 0 spiro atoms. The molecule has 0 amide bonds. The minimum atomic E-state index is -0.366. The molecule has 6 nitrogen and oxygen atoms in total. The molecule has 0 atom stereocenters. The summed E-state index contributed by atoms with van der Waals surface area (Å²) in [6.07, 6.45) is 7.61. The van der Waals surface area contributed by atoms with Crippen LogP contribution in [0.15, 0.2) is 36.0 Å². The van der Waals surface area contributed by atoms with Crippen molar-refractivity contribution in [3.8, 4) is 0 Å². The van der Waals surface area contributed by atoms with Crippen LogP contribution in [0.5, 0.6) is 0 Å². The Morgan fingerprint density at radius 2 is 1.66 bits per heavy atom. The smallest absolute Gasteiger partial charge is 0.339 e. The highest BCUT2D eigenvalue weighted by molar-refractivity contribution is 5.97. The quantitative estimate of drug-likeness (QED) is 0.625. The van der Waals surface area contributed by atoms with Gasteiger partial charge in [-0.15, -0.1) is 0 Å². The first kappa shape index (κ1) is 19.2. The van der Waals surface area contributed by atoms with Gasteiger partial charge in [0.05, 0.1) is 31.0 Å². The Morgan fingerprint density at radius 1 is 0.966 bits per heavy atom. The third kappa shape index (κ3) is 3.51. The zero-order valence-corrected chi connectivity index (χ0v) is 16.9. The Balaban J connectivity index is 1.94. The van der Waals surface area contributed by atoms with Crippen molar-refractivity contribution in [1.29, 1.82) is 0 Å². The highest BCUT2D eigenvalue weighted by atomic mass is 16.5. The Kier molecular flexibility index (Phi) is 5.11. The van der Waals surface area contributed by atoms with Crippen LogP contribution in [-0.4, -0.2) is 55.8 Å². The second-order valence-corrected chi connectivity index (χ2v) is 7.40. The Morgan fingerprint density at radius 3 is 2.34 bits per heavy atom. The molecule has 2 aliphatic rings. The fourth-order valence-electron chi connectivity index (χ4n) is 4.00. The molecule has 0 aliphatic carbocycles. The minimum Gasteiger partial charge on any atom is -0.465 e. The van der Waals surface area contributed by atoms with Crippen molar-refractivity contribution >= 4 is 29.8 Å². The number of piperidine rings is 1. The lowest BCUT2D eigenvalue weighted by atomic mass is 9.88. The molecule has 0 N–H and O–H groups in total. The normalized spacial score (nSPS) is 16.1. The van der Waals surface area contributed by atoms with Crippen molar-refractivity contribution in [2.45, 2.75) is 12.8 Å². The summed E-state index contributed by atoms with van der Waals surface area (Å²) >= 11 is 0.